The maximum atomic E-state index is 5.66. The Hall–Kier alpha value is -1.72. The first-order valence-electron chi connectivity index (χ1n) is 5.50. The number of thioether (sulfide) groups is 1. The second-order valence-electron chi connectivity index (χ2n) is 3.66. The first kappa shape index (κ1) is 12.7. The summed E-state index contributed by atoms with van der Waals surface area (Å²) in [4.78, 5) is 5.34. The highest BCUT2D eigenvalue weighted by Gasteiger charge is 1.98. The predicted molar refractivity (Wildman–Crippen MR) is 74.6 cm³/mol. The van der Waals surface area contributed by atoms with E-state index >= 15 is 0 Å². The second-order valence-corrected chi connectivity index (χ2v) is 4.54. The topological polar surface area (TPSA) is 60.2 Å². The lowest BCUT2D eigenvalue weighted by Crippen LogP contribution is -2.08. The number of anilines is 1. The number of nitrogens with two attached hydrogens (primary N) is 1. The van der Waals surface area contributed by atoms with E-state index in [0.717, 1.165) is 11.3 Å². The molecule has 0 saturated carbocycles. The number of nitrogen functional groups attached to an aromatic ring is 1. The number of nitrogens with one attached hydrogen (secondary N) is 1. The van der Waals surface area contributed by atoms with Crippen LogP contribution in [0.25, 0.3) is 0 Å². The SMILES string of the molecule is CSc1ccc(OCc2ccc(NN)nc2)cc1. The van der Waals surface area contributed by atoms with Crippen molar-refractivity contribution in [2.45, 2.75) is 11.5 Å². The molecule has 0 aliphatic carbocycles. The average molecular weight is 261 g/mol. The third-order valence-electron chi connectivity index (χ3n) is 2.44. The van der Waals surface area contributed by atoms with Crippen LogP contribution in [-0.2, 0) is 6.61 Å². The maximum absolute atomic E-state index is 5.66. The molecular formula is C13H15N3OS. The molecule has 0 aliphatic rings. The van der Waals surface area contributed by atoms with E-state index in [2.05, 4.69) is 16.7 Å². The zero-order chi connectivity index (χ0) is 12.8. The molecule has 0 fully saturated rings. The molecule has 0 saturated heterocycles. The molecule has 0 unspecified atom stereocenters. The first-order valence-corrected chi connectivity index (χ1v) is 6.72. The minimum atomic E-state index is 0.496. The van der Waals surface area contributed by atoms with Gasteiger partial charge in [-0.15, -0.1) is 11.8 Å². The van der Waals surface area contributed by atoms with Crippen LogP contribution >= 0.6 is 11.8 Å². The molecule has 0 bridgehead atoms. The van der Waals surface area contributed by atoms with Crippen molar-refractivity contribution in [2.24, 2.45) is 5.84 Å². The molecule has 1 heterocycles. The molecule has 18 heavy (non-hydrogen) atoms. The minimum absolute atomic E-state index is 0.496. The molecule has 0 atom stereocenters. The van der Waals surface area contributed by atoms with Crippen LogP contribution in [0.3, 0.4) is 0 Å². The molecule has 2 aromatic rings. The summed E-state index contributed by atoms with van der Waals surface area (Å²) in [5.41, 5.74) is 3.49. The third kappa shape index (κ3) is 3.38. The van der Waals surface area contributed by atoms with Gasteiger partial charge in [-0.2, -0.15) is 0 Å². The molecule has 0 aliphatic heterocycles. The van der Waals surface area contributed by atoms with Crippen molar-refractivity contribution in [3.63, 3.8) is 0 Å². The quantitative estimate of drug-likeness (QED) is 0.492. The summed E-state index contributed by atoms with van der Waals surface area (Å²) in [5.74, 6) is 6.74. The Kier molecular flexibility index (Phi) is 4.44. The van der Waals surface area contributed by atoms with E-state index in [-0.39, 0.29) is 0 Å². The van der Waals surface area contributed by atoms with E-state index in [1.165, 1.54) is 4.90 Å². The van der Waals surface area contributed by atoms with Gasteiger partial charge in [-0.3, -0.25) is 0 Å². The zero-order valence-electron chi connectivity index (χ0n) is 10.1. The summed E-state index contributed by atoms with van der Waals surface area (Å²) in [6.07, 6.45) is 3.79. The van der Waals surface area contributed by atoms with Crippen LogP contribution in [0, 0.1) is 0 Å². The fraction of sp³-hybridized carbons (Fsp3) is 0.154. The van der Waals surface area contributed by atoms with Gasteiger partial charge in [0.15, 0.2) is 0 Å². The van der Waals surface area contributed by atoms with Crippen LogP contribution < -0.4 is 16.0 Å². The zero-order valence-corrected chi connectivity index (χ0v) is 10.9. The fourth-order valence-corrected chi connectivity index (χ4v) is 1.84. The van der Waals surface area contributed by atoms with E-state index in [4.69, 9.17) is 10.6 Å². The van der Waals surface area contributed by atoms with Gasteiger partial charge in [0.1, 0.15) is 18.2 Å². The molecule has 94 valence electrons. The number of hydrogen-bond acceptors (Lipinski definition) is 5. The molecule has 2 rings (SSSR count). The predicted octanol–water partition coefficient (Wildman–Crippen LogP) is 2.67. The second kappa shape index (κ2) is 6.28. The highest BCUT2D eigenvalue weighted by molar-refractivity contribution is 7.98. The Morgan fingerprint density at radius 1 is 1.22 bits per heavy atom. The Bertz CT molecular complexity index is 437. The van der Waals surface area contributed by atoms with Gasteiger partial charge < -0.3 is 10.2 Å². The number of benzene rings is 1. The Morgan fingerprint density at radius 3 is 2.56 bits per heavy atom. The lowest BCUT2D eigenvalue weighted by Gasteiger charge is -2.07. The molecule has 0 radical (unpaired) electrons. The number of nitrogens with zero attached hydrogens (tertiary/aromatic N) is 1. The maximum Gasteiger partial charge on any atom is 0.139 e. The van der Waals surface area contributed by atoms with E-state index in [1.807, 2.05) is 36.4 Å². The third-order valence-corrected chi connectivity index (χ3v) is 3.18. The van der Waals surface area contributed by atoms with Crippen LogP contribution in [0.2, 0.25) is 0 Å². The van der Waals surface area contributed by atoms with E-state index < -0.39 is 0 Å². The lowest BCUT2D eigenvalue weighted by molar-refractivity contribution is 0.305. The van der Waals surface area contributed by atoms with E-state index in [0.29, 0.717) is 12.4 Å². The van der Waals surface area contributed by atoms with Gasteiger partial charge in [0.2, 0.25) is 0 Å². The molecular weight excluding hydrogens is 246 g/mol. The van der Waals surface area contributed by atoms with E-state index in [1.54, 1.807) is 18.0 Å². The van der Waals surface area contributed by atoms with Crippen molar-refractivity contribution in [3.8, 4) is 5.75 Å². The van der Waals surface area contributed by atoms with Crippen LogP contribution in [0.1, 0.15) is 5.56 Å². The summed E-state index contributed by atoms with van der Waals surface area (Å²) in [5, 5.41) is 0. The number of pyridine rings is 1. The number of ether oxygens (including phenoxy) is 1. The monoisotopic (exact) mass is 261 g/mol. The average Bonchev–Trinajstić information content (AvgIpc) is 2.46. The molecule has 3 N–H and O–H groups in total. The first-order chi connectivity index (χ1) is 8.81. The summed E-state index contributed by atoms with van der Waals surface area (Å²) in [6, 6.07) is 11.8. The minimum Gasteiger partial charge on any atom is -0.489 e. The fourth-order valence-electron chi connectivity index (χ4n) is 1.43. The van der Waals surface area contributed by atoms with Crippen molar-refractivity contribution >= 4 is 17.6 Å². The molecule has 4 nitrogen and oxygen atoms in total. The van der Waals surface area contributed by atoms with Gasteiger partial charge in [0.25, 0.3) is 0 Å². The molecule has 0 spiro atoms. The Labute approximate surface area is 111 Å². The molecule has 1 aromatic heterocycles. The molecule has 0 amide bonds. The van der Waals surface area contributed by atoms with Gasteiger partial charge in [0.05, 0.1) is 0 Å². The number of aromatic nitrogens is 1. The summed E-state index contributed by atoms with van der Waals surface area (Å²) < 4.78 is 5.66. The van der Waals surface area contributed by atoms with Crippen LogP contribution in [-0.4, -0.2) is 11.2 Å². The van der Waals surface area contributed by atoms with E-state index in [9.17, 15) is 0 Å². The van der Waals surface area contributed by atoms with Crippen molar-refractivity contribution in [1.82, 2.24) is 4.98 Å². The number of hydrogen-bond donors (Lipinski definition) is 2. The largest absolute Gasteiger partial charge is 0.489 e. The van der Waals surface area contributed by atoms with Crippen molar-refractivity contribution in [3.05, 3.63) is 48.2 Å². The van der Waals surface area contributed by atoms with Crippen LogP contribution in [0.5, 0.6) is 5.75 Å². The molecule has 5 heteroatoms. The van der Waals surface area contributed by atoms with Gasteiger partial charge in [-0.05, 0) is 36.6 Å². The smallest absolute Gasteiger partial charge is 0.139 e. The van der Waals surface area contributed by atoms with Crippen molar-refractivity contribution < 1.29 is 4.74 Å². The number of hydrazine groups is 1. The van der Waals surface area contributed by atoms with Crippen molar-refractivity contribution in [2.75, 3.05) is 11.7 Å². The Balaban J connectivity index is 1.93. The lowest BCUT2D eigenvalue weighted by atomic mass is 10.3. The highest BCUT2D eigenvalue weighted by Crippen LogP contribution is 2.19. The normalized spacial score (nSPS) is 10.1. The standard InChI is InChI=1S/C13H15N3OS/c1-18-12-5-3-11(4-6-12)17-9-10-2-7-13(16-14)15-8-10/h2-8H,9,14H2,1H3,(H,15,16). The highest BCUT2D eigenvalue weighted by atomic mass is 32.2. The summed E-state index contributed by atoms with van der Waals surface area (Å²) >= 11 is 1.71. The molecule has 1 aromatic carbocycles. The van der Waals surface area contributed by atoms with Gasteiger partial charge in [0, 0.05) is 16.7 Å². The van der Waals surface area contributed by atoms with Gasteiger partial charge in [-0.1, -0.05) is 6.07 Å². The van der Waals surface area contributed by atoms with Crippen LogP contribution in [0.15, 0.2) is 47.5 Å². The van der Waals surface area contributed by atoms with Gasteiger partial charge in [-0.25, -0.2) is 10.8 Å². The van der Waals surface area contributed by atoms with Crippen LogP contribution in [0.4, 0.5) is 5.82 Å². The summed E-state index contributed by atoms with van der Waals surface area (Å²) in [7, 11) is 0. The Morgan fingerprint density at radius 2 is 2.00 bits per heavy atom. The summed E-state index contributed by atoms with van der Waals surface area (Å²) in [6.45, 7) is 0.496. The van der Waals surface area contributed by atoms with Gasteiger partial charge >= 0.3 is 0 Å². The van der Waals surface area contributed by atoms with Crippen molar-refractivity contribution in [1.29, 1.82) is 0 Å². The number of rotatable bonds is 5.